The predicted octanol–water partition coefficient (Wildman–Crippen LogP) is -0.122. The van der Waals surface area contributed by atoms with Crippen LogP contribution in [0.25, 0.3) is 0 Å². The Bertz CT molecular complexity index is 302. The van der Waals surface area contributed by atoms with E-state index in [0.717, 1.165) is 0 Å². The van der Waals surface area contributed by atoms with E-state index in [4.69, 9.17) is 11.5 Å². The first-order valence-electron chi connectivity index (χ1n) is 4.22. The number of aliphatic carboxylic acids is 1. The Labute approximate surface area is 82.1 Å². The minimum atomic E-state index is -1.04. The average molecular weight is 196 g/mol. The molecule has 2 N–H and O–H groups in total. The molecule has 0 aromatic heterocycles. The lowest BCUT2D eigenvalue weighted by Crippen LogP contribution is -2.48. The highest BCUT2D eigenvalue weighted by Crippen LogP contribution is 2.35. The Balaban J connectivity index is 2.50. The number of hydrogen-bond donors (Lipinski definition) is 2. The zero-order chi connectivity index (χ0) is 10.8. The zero-order valence-corrected chi connectivity index (χ0v) is 7.91. The maximum atomic E-state index is 11.3. The van der Waals surface area contributed by atoms with Crippen LogP contribution in [0.5, 0.6) is 0 Å². The number of hydrogen-bond acceptors (Lipinski definition) is 2. The van der Waals surface area contributed by atoms with Crippen LogP contribution in [0, 0.1) is 12.3 Å². The van der Waals surface area contributed by atoms with Crippen LogP contribution < -0.4 is 5.32 Å². The number of nitrogens with zero attached hydrogens (tertiary/aromatic N) is 1. The number of carboxylic acids is 1. The van der Waals surface area contributed by atoms with E-state index in [9.17, 15) is 9.59 Å². The molecule has 0 aromatic rings. The summed E-state index contributed by atoms with van der Waals surface area (Å²) in [6, 6.07) is -0.442. The van der Waals surface area contributed by atoms with Crippen molar-refractivity contribution in [1.82, 2.24) is 10.2 Å². The van der Waals surface area contributed by atoms with Crippen molar-refractivity contribution in [2.75, 3.05) is 13.6 Å². The minimum absolute atomic E-state index is 0.168. The Hall–Kier alpha value is -1.70. The first-order valence-corrected chi connectivity index (χ1v) is 4.22. The number of terminal acetylenes is 1. The molecule has 0 saturated heterocycles. The zero-order valence-electron chi connectivity index (χ0n) is 7.91. The largest absolute Gasteiger partial charge is 0.480 e. The Morgan fingerprint density at radius 3 is 2.57 bits per heavy atom. The third-order valence-corrected chi connectivity index (χ3v) is 2.18. The second-order valence-corrected chi connectivity index (χ2v) is 3.38. The molecule has 5 nitrogen and oxygen atoms in total. The fourth-order valence-corrected chi connectivity index (χ4v) is 1.03. The van der Waals surface area contributed by atoms with Gasteiger partial charge in [0.2, 0.25) is 0 Å². The van der Waals surface area contributed by atoms with E-state index in [1.165, 1.54) is 11.9 Å². The fourth-order valence-electron chi connectivity index (χ4n) is 1.03. The molecule has 0 aromatic carbocycles. The molecule has 1 aliphatic carbocycles. The minimum Gasteiger partial charge on any atom is -0.480 e. The standard InChI is InChI=1S/C9H12N2O3/c1-3-6-11(2)8(14)10-9(4-5-9)7(12)13/h1H,4-6H2,2H3,(H,10,14)(H,12,13). The van der Waals surface area contributed by atoms with Crippen molar-refractivity contribution in [2.24, 2.45) is 0 Å². The van der Waals surface area contributed by atoms with Crippen LogP contribution in [0.2, 0.25) is 0 Å². The van der Waals surface area contributed by atoms with Crippen LogP contribution in [-0.4, -0.2) is 41.1 Å². The van der Waals surface area contributed by atoms with E-state index in [-0.39, 0.29) is 6.54 Å². The summed E-state index contributed by atoms with van der Waals surface area (Å²) in [6.07, 6.45) is 5.99. The van der Waals surface area contributed by atoms with Gasteiger partial charge in [-0.1, -0.05) is 5.92 Å². The summed E-state index contributed by atoms with van der Waals surface area (Å²) in [5.41, 5.74) is -1.04. The lowest BCUT2D eigenvalue weighted by atomic mass is 10.3. The number of urea groups is 1. The third-order valence-electron chi connectivity index (χ3n) is 2.18. The number of carboxylic acid groups (broad SMARTS) is 1. The molecular formula is C9H12N2O3. The van der Waals surface area contributed by atoms with E-state index in [1.807, 2.05) is 0 Å². The number of carbonyl (C=O) groups excluding carboxylic acids is 1. The Kier molecular flexibility index (Phi) is 2.65. The number of rotatable bonds is 3. The summed E-state index contributed by atoms with van der Waals surface area (Å²) in [7, 11) is 1.52. The fraction of sp³-hybridized carbons (Fsp3) is 0.556. The number of amides is 2. The normalized spacial score (nSPS) is 16.6. The molecule has 1 saturated carbocycles. The quantitative estimate of drug-likeness (QED) is 0.618. The first-order chi connectivity index (χ1) is 6.52. The van der Waals surface area contributed by atoms with Crippen LogP contribution in [0.4, 0.5) is 4.79 Å². The molecule has 1 aliphatic rings. The number of nitrogens with one attached hydrogen (secondary N) is 1. The summed E-state index contributed by atoms with van der Waals surface area (Å²) in [4.78, 5) is 23.3. The molecule has 0 bridgehead atoms. The summed E-state index contributed by atoms with van der Waals surface area (Å²) in [5.74, 6) is 1.32. The van der Waals surface area contributed by atoms with Crippen LogP contribution >= 0.6 is 0 Å². The molecule has 1 fully saturated rings. The van der Waals surface area contributed by atoms with Crippen molar-refractivity contribution < 1.29 is 14.7 Å². The highest BCUT2D eigenvalue weighted by Gasteiger charge is 2.52. The monoisotopic (exact) mass is 196 g/mol. The van der Waals surface area contributed by atoms with Crippen molar-refractivity contribution in [1.29, 1.82) is 0 Å². The topological polar surface area (TPSA) is 69.6 Å². The molecule has 2 amide bonds. The van der Waals surface area contributed by atoms with Crippen molar-refractivity contribution in [3.8, 4) is 12.3 Å². The van der Waals surface area contributed by atoms with Crippen LogP contribution in [0.15, 0.2) is 0 Å². The molecule has 0 unspecified atom stereocenters. The van der Waals surface area contributed by atoms with Gasteiger partial charge in [0.15, 0.2) is 0 Å². The van der Waals surface area contributed by atoms with E-state index in [0.29, 0.717) is 12.8 Å². The van der Waals surface area contributed by atoms with Gasteiger partial charge in [-0.15, -0.1) is 6.42 Å². The van der Waals surface area contributed by atoms with Gasteiger partial charge in [0.1, 0.15) is 5.54 Å². The molecule has 0 aliphatic heterocycles. The summed E-state index contributed by atoms with van der Waals surface area (Å²) < 4.78 is 0. The van der Waals surface area contributed by atoms with Gasteiger partial charge in [-0.3, -0.25) is 0 Å². The van der Waals surface area contributed by atoms with Crippen LogP contribution in [-0.2, 0) is 4.79 Å². The second-order valence-electron chi connectivity index (χ2n) is 3.38. The van der Waals surface area contributed by atoms with Crippen molar-refractivity contribution >= 4 is 12.0 Å². The highest BCUT2D eigenvalue weighted by molar-refractivity contribution is 5.88. The van der Waals surface area contributed by atoms with Crippen molar-refractivity contribution in [3.05, 3.63) is 0 Å². The third kappa shape index (κ3) is 1.96. The van der Waals surface area contributed by atoms with E-state index < -0.39 is 17.5 Å². The van der Waals surface area contributed by atoms with Gasteiger partial charge < -0.3 is 15.3 Å². The van der Waals surface area contributed by atoms with Gasteiger partial charge in [-0.25, -0.2) is 9.59 Å². The molecule has 0 heterocycles. The molecule has 1 rings (SSSR count). The second kappa shape index (κ2) is 3.58. The van der Waals surface area contributed by atoms with E-state index >= 15 is 0 Å². The Morgan fingerprint density at radius 2 is 2.21 bits per heavy atom. The maximum absolute atomic E-state index is 11.3. The van der Waals surface area contributed by atoms with Crippen LogP contribution in [0.3, 0.4) is 0 Å². The summed E-state index contributed by atoms with van der Waals surface area (Å²) in [6.45, 7) is 0.168. The van der Waals surface area contributed by atoms with E-state index in [2.05, 4.69) is 11.2 Å². The maximum Gasteiger partial charge on any atom is 0.329 e. The molecule has 0 spiro atoms. The molecule has 14 heavy (non-hydrogen) atoms. The first kappa shape index (κ1) is 10.4. The molecule has 5 heteroatoms. The molecule has 0 radical (unpaired) electrons. The van der Waals surface area contributed by atoms with Gasteiger partial charge in [0.25, 0.3) is 0 Å². The van der Waals surface area contributed by atoms with Crippen molar-refractivity contribution in [2.45, 2.75) is 18.4 Å². The molecule has 0 atom stereocenters. The average Bonchev–Trinajstić information content (AvgIpc) is 2.86. The van der Waals surface area contributed by atoms with E-state index in [1.54, 1.807) is 0 Å². The number of carbonyl (C=O) groups is 2. The van der Waals surface area contributed by atoms with Crippen LogP contribution in [0.1, 0.15) is 12.8 Å². The smallest absolute Gasteiger partial charge is 0.329 e. The Morgan fingerprint density at radius 1 is 1.64 bits per heavy atom. The highest BCUT2D eigenvalue weighted by atomic mass is 16.4. The summed E-state index contributed by atoms with van der Waals surface area (Å²) >= 11 is 0. The lowest BCUT2D eigenvalue weighted by Gasteiger charge is -2.18. The summed E-state index contributed by atoms with van der Waals surface area (Å²) in [5, 5.41) is 11.2. The molecular weight excluding hydrogens is 184 g/mol. The lowest BCUT2D eigenvalue weighted by molar-refractivity contribution is -0.140. The van der Waals surface area contributed by atoms with Gasteiger partial charge >= 0.3 is 12.0 Å². The SMILES string of the molecule is C#CCN(C)C(=O)NC1(C(=O)O)CC1. The van der Waals surface area contributed by atoms with Gasteiger partial charge in [-0.2, -0.15) is 0 Å². The predicted molar refractivity (Wildman–Crippen MR) is 49.6 cm³/mol. The van der Waals surface area contributed by atoms with Gasteiger partial charge in [0.05, 0.1) is 6.54 Å². The van der Waals surface area contributed by atoms with Crippen molar-refractivity contribution in [3.63, 3.8) is 0 Å². The van der Waals surface area contributed by atoms with Gasteiger partial charge in [-0.05, 0) is 12.8 Å². The molecule has 76 valence electrons. The van der Waals surface area contributed by atoms with Gasteiger partial charge in [0, 0.05) is 7.05 Å².